The zero-order chi connectivity index (χ0) is 26.6. The SMILES string of the molecule is CC(C)(C)OC(=O)NC(CC(F)(S(=O)(=O)c1ccccc1)S(=O)(=O)c1ccccc1)C1CCCCC1. The molecule has 1 aliphatic rings. The molecule has 0 bridgehead atoms. The number of alkyl halides is 1. The molecule has 1 aliphatic carbocycles. The first-order chi connectivity index (χ1) is 16.8. The third-order valence-electron chi connectivity index (χ3n) is 6.29. The first-order valence-electron chi connectivity index (χ1n) is 12.1. The summed E-state index contributed by atoms with van der Waals surface area (Å²) in [6, 6.07) is 12.3. The topological polar surface area (TPSA) is 107 Å². The highest BCUT2D eigenvalue weighted by atomic mass is 32.3. The highest BCUT2D eigenvalue weighted by molar-refractivity contribution is 8.10. The number of hydrogen-bond donors (Lipinski definition) is 1. The van der Waals surface area contributed by atoms with Gasteiger partial charge in [0.2, 0.25) is 19.7 Å². The van der Waals surface area contributed by atoms with Crippen molar-refractivity contribution in [1.82, 2.24) is 5.32 Å². The highest BCUT2D eigenvalue weighted by Gasteiger charge is 2.59. The molecule has 2 aromatic rings. The van der Waals surface area contributed by atoms with Crippen molar-refractivity contribution in [2.24, 2.45) is 5.92 Å². The molecule has 1 amide bonds. The quantitative estimate of drug-likeness (QED) is 0.480. The summed E-state index contributed by atoms with van der Waals surface area (Å²) in [5, 5.41) is 2.62. The van der Waals surface area contributed by atoms with Crippen molar-refractivity contribution < 1.29 is 30.8 Å². The number of sulfone groups is 2. The molecule has 7 nitrogen and oxygen atoms in total. The highest BCUT2D eigenvalue weighted by Crippen LogP contribution is 2.43. The number of benzene rings is 2. The minimum Gasteiger partial charge on any atom is -0.444 e. The predicted molar refractivity (Wildman–Crippen MR) is 135 cm³/mol. The molecule has 1 atom stereocenters. The number of carbonyl (C=O) groups is 1. The fourth-order valence-corrected chi connectivity index (χ4v) is 8.77. The standard InChI is InChI=1S/C26H34FNO6S2/c1-25(2,3)34-24(29)28-23(20-13-7-4-8-14-20)19-26(27,35(30,31)21-15-9-5-10-16-21)36(32,33)22-17-11-6-12-18-22/h5-6,9-12,15-18,20,23H,4,7-8,13-14,19H2,1-3H3,(H,28,29). The Kier molecular flexibility index (Phi) is 8.50. The lowest BCUT2D eigenvalue weighted by Crippen LogP contribution is -2.52. The summed E-state index contributed by atoms with van der Waals surface area (Å²) in [5.74, 6) is -0.307. The minimum atomic E-state index is -5.06. The summed E-state index contributed by atoms with van der Waals surface area (Å²) >= 11 is 0. The van der Waals surface area contributed by atoms with E-state index in [1.54, 1.807) is 32.9 Å². The molecule has 0 spiro atoms. The summed E-state index contributed by atoms with van der Waals surface area (Å²) < 4.78 is 73.6. The van der Waals surface area contributed by atoms with Crippen LogP contribution < -0.4 is 5.32 Å². The van der Waals surface area contributed by atoms with Crippen molar-refractivity contribution in [2.75, 3.05) is 0 Å². The molecule has 0 aromatic heterocycles. The second-order valence-corrected chi connectivity index (χ2v) is 14.7. The van der Waals surface area contributed by atoms with E-state index in [4.69, 9.17) is 4.74 Å². The maximum Gasteiger partial charge on any atom is 0.407 e. The van der Waals surface area contributed by atoms with E-state index in [0.29, 0.717) is 12.8 Å². The number of rotatable bonds is 8. The van der Waals surface area contributed by atoms with Crippen molar-refractivity contribution in [3.05, 3.63) is 60.7 Å². The number of amides is 1. The Bertz CT molecular complexity index is 1170. The van der Waals surface area contributed by atoms with E-state index in [9.17, 15) is 21.6 Å². The van der Waals surface area contributed by atoms with Gasteiger partial charge >= 0.3 is 10.4 Å². The molecule has 1 N–H and O–H groups in total. The fraction of sp³-hybridized carbons (Fsp3) is 0.500. The van der Waals surface area contributed by atoms with E-state index >= 15 is 4.39 Å². The molecule has 3 rings (SSSR count). The number of alkyl carbamates (subject to hydrolysis) is 1. The summed E-state index contributed by atoms with van der Waals surface area (Å²) in [5.41, 5.74) is -0.847. The Labute approximate surface area is 213 Å². The van der Waals surface area contributed by atoms with Crippen molar-refractivity contribution in [3.8, 4) is 0 Å². The van der Waals surface area contributed by atoms with Crippen LogP contribution in [0, 0.1) is 5.92 Å². The van der Waals surface area contributed by atoms with Gasteiger partial charge in [-0.15, -0.1) is 0 Å². The van der Waals surface area contributed by atoms with Gasteiger partial charge in [-0.05, 0) is 63.8 Å². The number of carbonyl (C=O) groups excluding carboxylic acids is 1. The number of halogens is 1. The molecule has 0 radical (unpaired) electrons. The monoisotopic (exact) mass is 539 g/mol. The third-order valence-corrected chi connectivity index (χ3v) is 11.3. The summed E-state index contributed by atoms with van der Waals surface area (Å²) in [6.07, 6.45) is 1.97. The molecule has 0 saturated heterocycles. The van der Waals surface area contributed by atoms with Crippen LogP contribution in [0.15, 0.2) is 70.5 Å². The molecule has 36 heavy (non-hydrogen) atoms. The van der Waals surface area contributed by atoms with Gasteiger partial charge in [0, 0.05) is 12.5 Å². The fourth-order valence-electron chi connectivity index (χ4n) is 4.51. The molecular weight excluding hydrogens is 505 g/mol. The minimum absolute atomic E-state index is 0.307. The van der Waals surface area contributed by atoms with Crippen LogP contribution in [-0.4, -0.2) is 38.9 Å². The number of ether oxygens (including phenoxy) is 1. The van der Waals surface area contributed by atoms with Crippen LogP contribution in [0.4, 0.5) is 9.18 Å². The first kappa shape index (κ1) is 28.1. The van der Waals surface area contributed by atoms with Crippen LogP contribution in [0.1, 0.15) is 59.3 Å². The van der Waals surface area contributed by atoms with Crippen molar-refractivity contribution in [3.63, 3.8) is 0 Å². The molecular formula is C26H34FNO6S2. The molecule has 0 heterocycles. The Morgan fingerprint density at radius 2 is 1.33 bits per heavy atom. The number of nitrogens with one attached hydrogen (secondary N) is 1. The molecule has 1 unspecified atom stereocenters. The van der Waals surface area contributed by atoms with Gasteiger partial charge in [-0.1, -0.05) is 55.7 Å². The van der Waals surface area contributed by atoms with Crippen LogP contribution >= 0.6 is 0 Å². The van der Waals surface area contributed by atoms with E-state index in [-0.39, 0.29) is 5.92 Å². The van der Waals surface area contributed by atoms with Crippen molar-refractivity contribution >= 4 is 25.8 Å². The van der Waals surface area contributed by atoms with Crippen molar-refractivity contribution in [2.45, 2.75) is 85.1 Å². The summed E-state index contributed by atoms with van der Waals surface area (Å²) in [4.78, 5) is 11.8. The normalized spacial score (nSPS) is 16.8. The Morgan fingerprint density at radius 1 is 0.889 bits per heavy atom. The molecule has 198 valence electrons. The third kappa shape index (κ3) is 6.08. The Balaban J connectivity index is 2.13. The maximum atomic E-state index is 17.1. The predicted octanol–water partition coefficient (Wildman–Crippen LogP) is 5.42. The average Bonchev–Trinajstić information content (AvgIpc) is 2.84. The van der Waals surface area contributed by atoms with Crippen LogP contribution in [-0.2, 0) is 24.4 Å². The van der Waals surface area contributed by atoms with Gasteiger partial charge in [-0.2, -0.15) is 0 Å². The molecule has 10 heteroatoms. The van der Waals surface area contributed by atoms with Gasteiger partial charge in [0.15, 0.2) is 0 Å². The largest absolute Gasteiger partial charge is 0.444 e. The lowest BCUT2D eigenvalue weighted by molar-refractivity contribution is 0.0463. The van der Waals surface area contributed by atoms with Crippen LogP contribution in [0.5, 0.6) is 0 Å². The van der Waals surface area contributed by atoms with Gasteiger partial charge in [0.25, 0.3) is 0 Å². The van der Waals surface area contributed by atoms with Gasteiger partial charge < -0.3 is 10.1 Å². The second-order valence-electron chi connectivity index (χ2n) is 10.1. The van der Waals surface area contributed by atoms with E-state index < -0.39 is 58.0 Å². The average molecular weight is 540 g/mol. The lowest BCUT2D eigenvalue weighted by Gasteiger charge is -2.36. The first-order valence-corrected chi connectivity index (χ1v) is 15.0. The van der Waals surface area contributed by atoms with Crippen LogP contribution in [0.25, 0.3) is 0 Å². The molecule has 0 aliphatic heterocycles. The molecule has 2 aromatic carbocycles. The summed E-state index contributed by atoms with van der Waals surface area (Å²) in [7, 11) is -10.1. The number of hydrogen-bond acceptors (Lipinski definition) is 6. The van der Waals surface area contributed by atoms with Gasteiger partial charge in [-0.3, -0.25) is 0 Å². The smallest absolute Gasteiger partial charge is 0.407 e. The second kappa shape index (κ2) is 10.9. The van der Waals surface area contributed by atoms with Gasteiger partial charge in [0.05, 0.1) is 9.79 Å². The van der Waals surface area contributed by atoms with Gasteiger partial charge in [-0.25, -0.2) is 26.0 Å². The van der Waals surface area contributed by atoms with E-state index in [1.165, 1.54) is 48.5 Å². The van der Waals surface area contributed by atoms with E-state index in [0.717, 1.165) is 19.3 Å². The maximum absolute atomic E-state index is 17.1. The lowest BCUT2D eigenvalue weighted by atomic mass is 9.83. The molecule has 1 saturated carbocycles. The molecule has 1 fully saturated rings. The zero-order valence-electron chi connectivity index (χ0n) is 20.8. The summed E-state index contributed by atoms with van der Waals surface area (Å²) in [6.45, 7) is 5.00. The van der Waals surface area contributed by atoms with Gasteiger partial charge in [0.1, 0.15) is 5.60 Å². The van der Waals surface area contributed by atoms with Crippen molar-refractivity contribution in [1.29, 1.82) is 0 Å². The van der Waals surface area contributed by atoms with Crippen LogP contribution in [0.3, 0.4) is 0 Å². The Hall–Kier alpha value is -2.46. The Morgan fingerprint density at radius 3 is 1.75 bits per heavy atom. The zero-order valence-corrected chi connectivity index (χ0v) is 22.4. The van der Waals surface area contributed by atoms with E-state index in [2.05, 4.69) is 5.32 Å². The van der Waals surface area contributed by atoms with E-state index in [1.807, 2.05) is 0 Å². The van der Waals surface area contributed by atoms with Crippen LogP contribution in [0.2, 0.25) is 0 Å².